The van der Waals surface area contributed by atoms with E-state index in [1.54, 1.807) is 12.1 Å². The van der Waals surface area contributed by atoms with E-state index in [9.17, 15) is 9.59 Å². The Balaban J connectivity index is 2.23. The number of carbonyl (C=O) groups is 2. The molecule has 0 heterocycles. The number of nitrogens with two attached hydrogens (primary N) is 1. The van der Waals surface area contributed by atoms with Crippen molar-refractivity contribution < 1.29 is 9.59 Å². The maximum Gasteiger partial charge on any atom is 0.319 e. The highest BCUT2D eigenvalue weighted by Gasteiger charge is 2.05. The molecule has 0 unspecified atom stereocenters. The van der Waals surface area contributed by atoms with Crippen molar-refractivity contribution in [2.24, 2.45) is 11.7 Å². The molecule has 1 aromatic rings. The third-order valence-electron chi connectivity index (χ3n) is 2.79. The zero-order chi connectivity index (χ0) is 15.7. The average Bonchev–Trinajstić information content (AvgIpc) is 2.46. The smallest absolute Gasteiger partial charge is 0.319 e. The first-order valence-corrected chi connectivity index (χ1v) is 7.12. The molecule has 0 saturated heterocycles. The summed E-state index contributed by atoms with van der Waals surface area (Å²) in [5, 5.41) is 8.13. The highest BCUT2D eigenvalue weighted by atomic mass is 16.2. The topological polar surface area (TPSA) is 96.2 Å². The van der Waals surface area contributed by atoms with Crippen LogP contribution in [0.1, 0.15) is 25.8 Å². The molecule has 0 radical (unpaired) electrons. The second-order valence-corrected chi connectivity index (χ2v) is 5.23. The molecule has 0 bridgehead atoms. The van der Waals surface area contributed by atoms with E-state index in [0.29, 0.717) is 31.2 Å². The van der Waals surface area contributed by atoms with E-state index in [1.807, 2.05) is 26.0 Å². The van der Waals surface area contributed by atoms with Gasteiger partial charge in [0.05, 0.1) is 0 Å². The van der Waals surface area contributed by atoms with Crippen molar-refractivity contribution in [1.29, 1.82) is 0 Å². The van der Waals surface area contributed by atoms with Crippen molar-refractivity contribution in [2.45, 2.75) is 26.8 Å². The van der Waals surface area contributed by atoms with Crippen LogP contribution in [0.15, 0.2) is 24.3 Å². The van der Waals surface area contributed by atoms with Gasteiger partial charge in [0.15, 0.2) is 0 Å². The van der Waals surface area contributed by atoms with E-state index in [0.717, 1.165) is 5.56 Å². The molecule has 6 nitrogen and oxygen atoms in total. The van der Waals surface area contributed by atoms with Crippen LogP contribution in [0.2, 0.25) is 0 Å². The minimum absolute atomic E-state index is 0.0590. The lowest BCUT2D eigenvalue weighted by atomic mass is 10.2. The van der Waals surface area contributed by atoms with E-state index in [1.165, 1.54) is 0 Å². The number of nitrogens with one attached hydrogen (secondary N) is 3. The van der Waals surface area contributed by atoms with Crippen molar-refractivity contribution in [3.63, 3.8) is 0 Å². The van der Waals surface area contributed by atoms with Gasteiger partial charge in [0, 0.05) is 31.7 Å². The average molecular weight is 292 g/mol. The molecule has 0 spiro atoms. The summed E-state index contributed by atoms with van der Waals surface area (Å²) in [6.45, 7) is 5.48. The number of benzene rings is 1. The maximum absolute atomic E-state index is 11.6. The van der Waals surface area contributed by atoms with Crippen molar-refractivity contribution in [1.82, 2.24) is 10.6 Å². The molecule has 1 rings (SSSR count). The molecule has 1 aromatic carbocycles. The Hall–Kier alpha value is -2.08. The molecule has 0 saturated carbocycles. The first-order valence-electron chi connectivity index (χ1n) is 7.12. The van der Waals surface area contributed by atoms with Crippen LogP contribution < -0.4 is 21.7 Å². The second-order valence-electron chi connectivity index (χ2n) is 5.23. The van der Waals surface area contributed by atoms with Gasteiger partial charge in [-0.15, -0.1) is 0 Å². The van der Waals surface area contributed by atoms with Crippen LogP contribution in [0, 0.1) is 5.92 Å². The Labute approximate surface area is 125 Å². The zero-order valence-corrected chi connectivity index (χ0v) is 12.6. The van der Waals surface area contributed by atoms with Crippen molar-refractivity contribution >= 4 is 17.6 Å². The van der Waals surface area contributed by atoms with Gasteiger partial charge in [0.1, 0.15) is 0 Å². The molecule has 3 amide bonds. The lowest BCUT2D eigenvalue weighted by Crippen LogP contribution is -2.34. The van der Waals surface area contributed by atoms with Gasteiger partial charge in [0.2, 0.25) is 5.91 Å². The normalized spacial score (nSPS) is 10.3. The summed E-state index contributed by atoms with van der Waals surface area (Å²) in [6, 6.07) is 6.96. The highest BCUT2D eigenvalue weighted by Crippen LogP contribution is 2.08. The van der Waals surface area contributed by atoms with Crippen LogP contribution >= 0.6 is 0 Å². The van der Waals surface area contributed by atoms with Crippen molar-refractivity contribution in [2.75, 3.05) is 18.4 Å². The summed E-state index contributed by atoms with van der Waals surface area (Å²) in [7, 11) is 0. The molecule has 0 atom stereocenters. The van der Waals surface area contributed by atoms with Gasteiger partial charge < -0.3 is 21.7 Å². The Morgan fingerprint density at radius 1 is 1.14 bits per heavy atom. The summed E-state index contributed by atoms with van der Waals surface area (Å²) in [4.78, 5) is 23.1. The molecular weight excluding hydrogens is 268 g/mol. The van der Waals surface area contributed by atoms with Gasteiger partial charge >= 0.3 is 6.03 Å². The third-order valence-corrected chi connectivity index (χ3v) is 2.79. The second kappa shape index (κ2) is 8.97. The van der Waals surface area contributed by atoms with Crippen LogP contribution in [0.3, 0.4) is 0 Å². The fraction of sp³-hybridized carbons (Fsp3) is 0.467. The minimum Gasteiger partial charge on any atom is -0.356 e. The third kappa shape index (κ3) is 7.31. The molecule has 0 aliphatic carbocycles. The first kappa shape index (κ1) is 17.0. The quantitative estimate of drug-likeness (QED) is 0.612. The maximum atomic E-state index is 11.6. The Morgan fingerprint density at radius 2 is 1.81 bits per heavy atom. The zero-order valence-electron chi connectivity index (χ0n) is 12.6. The van der Waals surface area contributed by atoms with Gasteiger partial charge in [-0.05, 0) is 23.6 Å². The molecule has 5 N–H and O–H groups in total. The lowest BCUT2D eigenvalue weighted by Gasteiger charge is -2.09. The Bertz CT molecular complexity index is 457. The van der Waals surface area contributed by atoms with Gasteiger partial charge in [-0.2, -0.15) is 0 Å². The molecule has 0 aliphatic heterocycles. The van der Waals surface area contributed by atoms with Crippen LogP contribution in [0.5, 0.6) is 0 Å². The molecule has 0 aromatic heterocycles. The van der Waals surface area contributed by atoms with Gasteiger partial charge in [-0.25, -0.2) is 4.79 Å². The number of carbonyl (C=O) groups excluding carboxylic acids is 2. The molecule has 6 heteroatoms. The molecule has 0 fully saturated rings. The summed E-state index contributed by atoms with van der Waals surface area (Å²) >= 11 is 0. The number of amides is 3. The van der Waals surface area contributed by atoms with Crippen LogP contribution in [-0.2, 0) is 11.3 Å². The monoisotopic (exact) mass is 292 g/mol. The SMILES string of the molecule is CC(C)CNC(=O)CCNC(=O)Nc1ccc(CN)cc1. The van der Waals surface area contributed by atoms with Crippen LogP contribution in [0.4, 0.5) is 10.5 Å². The van der Waals surface area contributed by atoms with Crippen molar-refractivity contribution in [3.8, 4) is 0 Å². The largest absolute Gasteiger partial charge is 0.356 e. The summed E-state index contributed by atoms with van der Waals surface area (Å²) < 4.78 is 0. The standard InChI is InChI=1S/C15H24N4O2/c1-11(2)10-18-14(20)7-8-17-15(21)19-13-5-3-12(9-16)4-6-13/h3-6,11H,7-10,16H2,1-2H3,(H,18,20)(H2,17,19,21). The Kier molecular flexibility index (Phi) is 7.25. The van der Waals surface area contributed by atoms with Gasteiger partial charge in [-0.1, -0.05) is 26.0 Å². The van der Waals surface area contributed by atoms with Gasteiger partial charge in [0.25, 0.3) is 0 Å². The molecular formula is C15H24N4O2. The van der Waals surface area contributed by atoms with Crippen LogP contribution in [-0.4, -0.2) is 25.0 Å². The van der Waals surface area contributed by atoms with E-state index in [4.69, 9.17) is 5.73 Å². The van der Waals surface area contributed by atoms with E-state index >= 15 is 0 Å². The predicted molar refractivity (Wildman–Crippen MR) is 83.8 cm³/mol. The number of hydrogen-bond acceptors (Lipinski definition) is 3. The van der Waals surface area contributed by atoms with Gasteiger partial charge in [-0.3, -0.25) is 4.79 Å². The van der Waals surface area contributed by atoms with E-state index < -0.39 is 0 Å². The predicted octanol–water partition coefficient (Wildman–Crippen LogP) is 1.43. The molecule has 0 aliphatic rings. The molecule has 116 valence electrons. The summed E-state index contributed by atoms with van der Waals surface area (Å²) in [5.41, 5.74) is 7.19. The van der Waals surface area contributed by atoms with Crippen LogP contribution in [0.25, 0.3) is 0 Å². The number of hydrogen-bond donors (Lipinski definition) is 4. The first-order chi connectivity index (χ1) is 10.0. The van der Waals surface area contributed by atoms with E-state index in [-0.39, 0.29) is 18.4 Å². The van der Waals surface area contributed by atoms with E-state index in [2.05, 4.69) is 16.0 Å². The highest BCUT2D eigenvalue weighted by molar-refractivity contribution is 5.89. The lowest BCUT2D eigenvalue weighted by molar-refractivity contribution is -0.121. The number of anilines is 1. The number of rotatable bonds is 7. The molecule has 21 heavy (non-hydrogen) atoms. The van der Waals surface area contributed by atoms with Crippen molar-refractivity contribution in [3.05, 3.63) is 29.8 Å². The summed E-state index contributed by atoms with van der Waals surface area (Å²) in [6.07, 6.45) is 0.270. The fourth-order valence-corrected chi connectivity index (χ4v) is 1.60. The summed E-state index contributed by atoms with van der Waals surface area (Å²) in [5.74, 6) is 0.359. The number of urea groups is 1. The fourth-order valence-electron chi connectivity index (χ4n) is 1.60. The minimum atomic E-state index is -0.327. The Morgan fingerprint density at radius 3 is 2.38 bits per heavy atom.